The number of hydrogen-bond acceptors (Lipinski definition) is 6. The largest absolute Gasteiger partial charge is 0.488 e. The fraction of sp³-hybridized carbons (Fsp3) is 0.333. The average molecular weight is 324 g/mol. The first kappa shape index (κ1) is 16.1. The van der Waals surface area contributed by atoms with E-state index >= 15 is 0 Å². The summed E-state index contributed by atoms with van der Waals surface area (Å²) in [6.45, 7) is 6.33. The molecule has 0 spiro atoms. The number of rotatable bonds is 4. The maximum atomic E-state index is 5.76. The highest BCUT2D eigenvalue weighted by Crippen LogP contribution is 2.35. The number of fused-ring (bicyclic) bond motifs is 3. The van der Waals surface area contributed by atoms with Crippen LogP contribution >= 0.6 is 0 Å². The van der Waals surface area contributed by atoms with Crippen molar-refractivity contribution in [2.24, 2.45) is 9.98 Å². The third-order valence-corrected chi connectivity index (χ3v) is 3.39. The molecule has 1 aliphatic heterocycles. The van der Waals surface area contributed by atoms with Gasteiger partial charge in [0.2, 0.25) is 0 Å². The van der Waals surface area contributed by atoms with Crippen molar-refractivity contribution in [1.29, 1.82) is 0 Å². The van der Waals surface area contributed by atoms with Crippen molar-refractivity contribution in [2.75, 3.05) is 26.3 Å². The van der Waals surface area contributed by atoms with Crippen molar-refractivity contribution >= 4 is 12.4 Å². The highest BCUT2D eigenvalue weighted by molar-refractivity contribution is 5.82. The number of aromatic nitrogens is 2. The maximum absolute atomic E-state index is 5.76. The number of aliphatic imine (C=N–C) groups is 2. The SMILES string of the molecule is CCN=Cc1ccc2c(n1)-c1nc(C=NCC)ccc1OCCO2. The lowest BCUT2D eigenvalue weighted by molar-refractivity contribution is 0.213. The molecule has 124 valence electrons. The van der Waals surface area contributed by atoms with Gasteiger partial charge in [-0.25, -0.2) is 9.97 Å². The molecular formula is C18H20N4O2. The second-order valence-electron chi connectivity index (χ2n) is 5.12. The molecule has 3 heterocycles. The van der Waals surface area contributed by atoms with E-state index in [0.717, 1.165) is 11.4 Å². The fourth-order valence-electron chi connectivity index (χ4n) is 2.31. The number of ether oxygens (including phenoxy) is 2. The van der Waals surface area contributed by atoms with Gasteiger partial charge in [0.25, 0.3) is 0 Å². The van der Waals surface area contributed by atoms with E-state index < -0.39 is 0 Å². The minimum Gasteiger partial charge on any atom is -0.488 e. The molecular weight excluding hydrogens is 304 g/mol. The third kappa shape index (κ3) is 3.59. The Morgan fingerprint density at radius 2 is 1.29 bits per heavy atom. The Balaban J connectivity index is 2.11. The first-order valence-electron chi connectivity index (χ1n) is 8.09. The van der Waals surface area contributed by atoms with Gasteiger partial charge in [-0.15, -0.1) is 0 Å². The van der Waals surface area contributed by atoms with Crippen LogP contribution in [0.15, 0.2) is 34.3 Å². The lowest BCUT2D eigenvalue weighted by atomic mass is 10.1. The van der Waals surface area contributed by atoms with E-state index in [-0.39, 0.29) is 0 Å². The molecule has 0 bridgehead atoms. The number of pyridine rings is 2. The molecule has 24 heavy (non-hydrogen) atoms. The molecule has 0 atom stereocenters. The molecule has 0 amide bonds. The molecule has 1 aliphatic rings. The Morgan fingerprint density at radius 1 is 0.833 bits per heavy atom. The van der Waals surface area contributed by atoms with E-state index in [1.807, 2.05) is 38.1 Å². The van der Waals surface area contributed by atoms with Crippen LogP contribution < -0.4 is 9.47 Å². The zero-order chi connectivity index (χ0) is 16.8. The van der Waals surface area contributed by atoms with Crippen LogP contribution in [0.3, 0.4) is 0 Å². The first-order valence-corrected chi connectivity index (χ1v) is 8.09. The highest BCUT2D eigenvalue weighted by Gasteiger charge is 2.19. The minimum absolute atomic E-state index is 0.468. The highest BCUT2D eigenvalue weighted by atomic mass is 16.5. The van der Waals surface area contributed by atoms with Gasteiger partial charge in [0.15, 0.2) is 0 Å². The summed E-state index contributed by atoms with van der Waals surface area (Å²) in [6, 6.07) is 7.59. The summed E-state index contributed by atoms with van der Waals surface area (Å²) >= 11 is 0. The van der Waals surface area contributed by atoms with Crippen molar-refractivity contribution in [3.63, 3.8) is 0 Å². The standard InChI is InChI=1S/C18H20N4O2/c1-3-19-11-13-5-7-15-17(21-13)18-16(24-10-9-23-15)8-6-14(22-18)12-20-4-2/h5-8,11-12H,3-4,9-10H2,1-2H3. The van der Waals surface area contributed by atoms with Gasteiger partial charge < -0.3 is 9.47 Å². The molecule has 0 aliphatic carbocycles. The monoisotopic (exact) mass is 324 g/mol. The van der Waals surface area contributed by atoms with Gasteiger partial charge >= 0.3 is 0 Å². The lowest BCUT2D eigenvalue weighted by Gasteiger charge is -2.18. The van der Waals surface area contributed by atoms with E-state index in [9.17, 15) is 0 Å². The van der Waals surface area contributed by atoms with E-state index in [2.05, 4.69) is 20.0 Å². The van der Waals surface area contributed by atoms with Gasteiger partial charge in [-0.1, -0.05) is 0 Å². The summed E-state index contributed by atoms with van der Waals surface area (Å²) in [5.41, 5.74) is 2.85. The summed E-state index contributed by atoms with van der Waals surface area (Å²) in [5, 5.41) is 0. The molecule has 6 heteroatoms. The Labute approximate surface area is 141 Å². The van der Waals surface area contributed by atoms with Crippen LogP contribution in [-0.4, -0.2) is 48.7 Å². The zero-order valence-corrected chi connectivity index (χ0v) is 13.9. The number of nitrogens with zero attached hydrogens (tertiary/aromatic N) is 4. The first-order chi connectivity index (χ1) is 11.8. The average Bonchev–Trinajstić information content (AvgIpc) is 2.61. The maximum Gasteiger partial charge on any atom is 0.147 e. The predicted octanol–water partition coefficient (Wildman–Crippen LogP) is 2.79. The molecule has 0 radical (unpaired) electrons. The topological polar surface area (TPSA) is 69.0 Å². The second kappa shape index (κ2) is 7.68. The van der Waals surface area contributed by atoms with Crippen molar-refractivity contribution in [3.05, 3.63) is 35.7 Å². The number of hydrogen-bond donors (Lipinski definition) is 0. The predicted molar refractivity (Wildman–Crippen MR) is 94.7 cm³/mol. The summed E-state index contributed by atoms with van der Waals surface area (Å²) in [5.74, 6) is 1.40. The molecule has 0 aromatic carbocycles. The molecule has 0 unspecified atom stereocenters. The molecule has 3 rings (SSSR count). The van der Waals surface area contributed by atoms with Crippen LogP contribution in [0.1, 0.15) is 25.2 Å². The van der Waals surface area contributed by atoms with Crippen LogP contribution in [0.2, 0.25) is 0 Å². The van der Waals surface area contributed by atoms with E-state index in [1.165, 1.54) is 0 Å². The van der Waals surface area contributed by atoms with Crippen LogP contribution in [0.5, 0.6) is 11.5 Å². The van der Waals surface area contributed by atoms with Crippen molar-refractivity contribution < 1.29 is 9.47 Å². The zero-order valence-electron chi connectivity index (χ0n) is 13.9. The van der Waals surface area contributed by atoms with Crippen LogP contribution in [0.25, 0.3) is 11.4 Å². The van der Waals surface area contributed by atoms with E-state index in [1.54, 1.807) is 12.4 Å². The van der Waals surface area contributed by atoms with Crippen molar-refractivity contribution in [1.82, 2.24) is 9.97 Å². The molecule has 0 fully saturated rings. The van der Waals surface area contributed by atoms with Gasteiger partial charge in [0.05, 0.1) is 11.4 Å². The minimum atomic E-state index is 0.468. The smallest absolute Gasteiger partial charge is 0.147 e. The van der Waals surface area contributed by atoms with Crippen LogP contribution in [0.4, 0.5) is 0 Å². The molecule has 0 saturated carbocycles. The molecule has 0 N–H and O–H groups in total. The normalized spacial score (nSPS) is 13.8. The lowest BCUT2D eigenvalue weighted by Crippen LogP contribution is -2.14. The Hall–Kier alpha value is -2.76. The quantitative estimate of drug-likeness (QED) is 0.811. The Bertz CT molecular complexity index is 706. The Kier molecular flexibility index (Phi) is 5.15. The summed E-state index contributed by atoms with van der Waals surface area (Å²) < 4.78 is 11.5. The van der Waals surface area contributed by atoms with Crippen LogP contribution in [-0.2, 0) is 0 Å². The molecule has 2 aromatic rings. The Morgan fingerprint density at radius 3 is 1.71 bits per heavy atom. The summed E-state index contributed by atoms with van der Waals surface area (Å²) in [6.07, 6.45) is 3.50. The second-order valence-corrected chi connectivity index (χ2v) is 5.12. The fourth-order valence-corrected chi connectivity index (χ4v) is 2.31. The van der Waals surface area contributed by atoms with E-state index in [0.29, 0.717) is 49.2 Å². The third-order valence-electron chi connectivity index (χ3n) is 3.39. The van der Waals surface area contributed by atoms with Crippen molar-refractivity contribution in [2.45, 2.75) is 13.8 Å². The van der Waals surface area contributed by atoms with Gasteiger partial charge in [0, 0.05) is 25.5 Å². The van der Waals surface area contributed by atoms with Gasteiger partial charge in [0.1, 0.15) is 36.1 Å². The van der Waals surface area contributed by atoms with Gasteiger partial charge in [-0.05, 0) is 38.1 Å². The van der Waals surface area contributed by atoms with Gasteiger partial charge in [-0.3, -0.25) is 9.98 Å². The molecule has 2 aromatic heterocycles. The molecule has 0 saturated heterocycles. The summed E-state index contributed by atoms with van der Waals surface area (Å²) in [4.78, 5) is 17.8. The van der Waals surface area contributed by atoms with Crippen molar-refractivity contribution in [3.8, 4) is 22.9 Å². The van der Waals surface area contributed by atoms with Gasteiger partial charge in [-0.2, -0.15) is 0 Å². The van der Waals surface area contributed by atoms with E-state index in [4.69, 9.17) is 9.47 Å². The van der Waals surface area contributed by atoms with Crippen LogP contribution in [0, 0.1) is 0 Å². The summed E-state index contributed by atoms with van der Waals surface area (Å²) in [7, 11) is 0. The molecule has 6 nitrogen and oxygen atoms in total.